The van der Waals surface area contributed by atoms with Crippen LogP contribution in [-0.4, -0.2) is 54.6 Å². The van der Waals surface area contributed by atoms with Crippen LogP contribution >= 0.6 is 0 Å². The van der Waals surface area contributed by atoms with Gasteiger partial charge < -0.3 is 5.73 Å². The fraction of sp³-hybridized carbons (Fsp3) is 1.00. The Bertz CT molecular complexity index is 158. The van der Waals surface area contributed by atoms with E-state index < -0.39 is 0 Å². The first kappa shape index (κ1) is 9.44. The lowest BCUT2D eigenvalue weighted by atomic mass is 10.2. The number of piperazine rings is 1. The molecule has 1 heterocycles. The van der Waals surface area contributed by atoms with E-state index in [1.165, 1.54) is 39.0 Å². The van der Waals surface area contributed by atoms with Crippen molar-refractivity contribution in [3.63, 3.8) is 0 Å². The lowest BCUT2D eigenvalue weighted by Gasteiger charge is -2.35. The van der Waals surface area contributed by atoms with Crippen LogP contribution in [0.15, 0.2) is 0 Å². The summed E-state index contributed by atoms with van der Waals surface area (Å²) in [6, 6.07) is 1.27. The van der Waals surface area contributed by atoms with Crippen LogP contribution in [0, 0.1) is 0 Å². The Kier molecular flexibility index (Phi) is 2.86. The van der Waals surface area contributed by atoms with E-state index in [0.29, 0.717) is 6.04 Å². The summed E-state index contributed by atoms with van der Waals surface area (Å²) in [6.45, 7) is 8.12. The van der Waals surface area contributed by atoms with Crippen molar-refractivity contribution in [1.82, 2.24) is 9.80 Å². The lowest BCUT2D eigenvalue weighted by Crippen LogP contribution is -2.49. The molecule has 0 spiro atoms. The highest BCUT2D eigenvalue weighted by atomic mass is 15.3. The minimum atomic E-state index is 0.326. The van der Waals surface area contributed by atoms with Crippen LogP contribution in [0.25, 0.3) is 0 Å². The summed E-state index contributed by atoms with van der Waals surface area (Å²) in [5, 5.41) is 0. The van der Waals surface area contributed by atoms with Gasteiger partial charge in [0, 0.05) is 44.8 Å². The zero-order chi connectivity index (χ0) is 9.26. The fourth-order valence-electron chi connectivity index (χ4n) is 2.16. The highest BCUT2D eigenvalue weighted by molar-refractivity contribution is 4.87. The lowest BCUT2D eigenvalue weighted by molar-refractivity contribution is 0.123. The fourth-order valence-corrected chi connectivity index (χ4v) is 2.16. The van der Waals surface area contributed by atoms with Crippen LogP contribution in [-0.2, 0) is 0 Å². The minimum Gasteiger partial charge on any atom is -0.327 e. The average molecular weight is 183 g/mol. The number of hydrogen-bond donors (Lipinski definition) is 1. The molecule has 3 heteroatoms. The Labute approximate surface area is 80.9 Å². The van der Waals surface area contributed by atoms with Gasteiger partial charge in [-0.1, -0.05) is 0 Å². The van der Waals surface area contributed by atoms with E-state index in [-0.39, 0.29) is 0 Å². The van der Waals surface area contributed by atoms with Gasteiger partial charge in [-0.25, -0.2) is 0 Å². The van der Waals surface area contributed by atoms with Crippen molar-refractivity contribution >= 4 is 0 Å². The van der Waals surface area contributed by atoms with Crippen molar-refractivity contribution in [3.8, 4) is 0 Å². The first-order valence-corrected chi connectivity index (χ1v) is 5.47. The zero-order valence-corrected chi connectivity index (χ0v) is 8.58. The Morgan fingerprint density at radius 3 is 2.31 bits per heavy atom. The number of rotatable bonds is 3. The molecule has 0 aromatic rings. The Morgan fingerprint density at radius 1 is 1.23 bits per heavy atom. The molecule has 2 aliphatic rings. The SMILES string of the molecule is C[C@H](N)CN1CCN(C2CC2)CC1. The van der Waals surface area contributed by atoms with Gasteiger partial charge in [-0.05, 0) is 19.8 Å². The third kappa shape index (κ3) is 2.66. The molecule has 1 atom stereocenters. The second kappa shape index (κ2) is 3.95. The van der Waals surface area contributed by atoms with E-state index in [0.717, 1.165) is 12.6 Å². The van der Waals surface area contributed by atoms with Gasteiger partial charge in [0.05, 0.1) is 0 Å². The van der Waals surface area contributed by atoms with Crippen LogP contribution in [0.3, 0.4) is 0 Å². The normalized spacial score (nSPS) is 29.1. The summed E-state index contributed by atoms with van der Waals surface area (Å²) < 4.78 is 0. The first-order valence-electron chi connectivity index (χ1n) is 5.47. The Morgan fingerprint density at radius 2 is 1.85 bits per heavy atom. The second-order valence-electron chi connectivity index (χ2n) is 4.55. The quantitative estimate of drug-likeness (QED) is 0.674. The molecule has 1 saturated heterocycles. The van der Waals surface area contributed by atoms with Gasteiger partial charge in [0.1, 0.15) is 0 Å². The van der Waals surface area contributed by atoms with Crippen LogP contribution in [0.1, 0.15) is 19.8 Å². The number of nitrogens with zero attached hydrogens (tertiary/aromatic N) is 2. The molecule has 2 rings (SSSR count). The van der Waals surface area contributed by atoms with E-state index in [2.05, 4.69) is 16.7 Å². The summed E-state index contributed by atoms with van der Waals surface area (Å²) in [5.74, 6) is 0. The third-order valence-electron chi connectivity index (χ3n) is 3.02. The second-order valence-corrected chi connectivity index (χ2v) is 4.55. The molecule has 0 bridgehead atoms. The predicted octanol–water partition coefficient (Wildman–Crippen LogP) is 0.114. The van der Waals surface area contributed by atoms with E-state index in [9.17, 15) is 0 Å². The highest BCUT2D eigenvalue weighted by Gasteiger charge is 2.30. The molecule has 0 unspecified atom stereocenters. The van der Waals surface area contributed by atoms with Crippen molar-refractivity contribution < 1.29 is 0 Å². The minimum absolute atomic E-state index is 0.326. The van der Waals surface area contributed by atoms with Gasteiger partial charge in [-0.15, -0.1) is 0 Å². The van der Waals surface area contributed by atoms with Crippen molar-refractivity contribution in [3.05, 3.63) is 0 Å². The molecule has 3 nitrogen and oxygen atoms in total. The maximum Gasteiger partial charge on any atom is 0.0139 e. The van der Waals surface area contributed by atoms with E-state index in [4.69, 9.17) is 5.73 Å². The van der Waals surface area contributed by atoms with Crippen LogP contribution in [0.4, 0.5) is 0 Å². The molecule has 13 heavy (non-hydrogen) atoms. The molecule has 1 aliphatic heterocycles. The molecular weight excluding hydrogens is 162 g/mol. The summed E-state index contributed by atoms with van der Waals surface area (Å²) in [4.78, 5) is 5.13. The van der Waals surface area contributed by atoms with Crippen molar-refractivity contribution in [2.45, 2.75) is 31.8 Å². The zero-order valence-electron chi connectivity index (χ0n) is 8.58. The molecule has 0 aromatic carbocycles. The van der Waals surface area contributed by atoms with Crippen molar-refractivity contribution in [2.75, 3.05) is 32.7 Å². The molecule has 1 aliphatic carbocycles. The monoisotopic (exact) mass is 183 g/mol. The molecule has 0 aromatic heterocycles. The molecule has 76 valence electrons. The molecule has 0 amide bonds. The highest BCUT2D eigenvalue weighted by Crippen LogP contribution is 2.27. The molecule has 1 saturated carbocycles. The van der Waals surface area contributed by atoms with Gasteiger partial charge in [-0.3, -0.25) is 9.80 Å². The van der Waals surface area contributed by atoms with Gasteiger partial charge >= 0.3 is 0 Å². The van der Waals surface area contributed by atoms with E-state index >= 15 is 0 Å². The third-order valence-corrected chi connectivity index (χ3v) is 3.02. The van der Waals surface area contributed by atoms with Crippen molar-refractivity contribution in [2.24, 2.45) is 5.73 Å². The number of hydrogen-bond acceptors (Lipinski definition) is 3. The molecule has 2 fully saturated rings. The molecule has 2 N–H and O–H groups in total. The van der Waals surface area contributed by atoms with E-state index in [1.54, 1.807) is 0 Å². The van der Waals surface area contributed by atoms with Gasteiger partial charge in [0.2, 0.25) is 0 Å². The standard InChI is InChI=1S/C10H21N3/c1-9(11)8-12-4-6-13(7-5-12)10-2-3-10/h9-10H,2-8,11H2,1H3/t9-/m0/s1. The maximum absolute atomic E-state index is 5.77. The van der Waals surface area contributed by atoms with Gasteiger partial charge in [-0.2, -0.15) is 0 Å². The summed E-state index contributed by atoms with van der Waals surface area (Å²) in [7, 11) is 0. The summed E-state index contributed by atoms with van der Waals surface area (Å²) in [6.07, 6.45) is 2.88. The smallest absolute Gasteiger partial charge is 0.0139 e. The van der Waals surface area contributed by atoms with E-state index in [1.807, 2.05) is 0 Å². The summed E-state index contributed by atoms with van der Waals surface area (Å²) >= 11 is 0. The topological polar surface area (TPSA) is 32.5 Å². The predicted molar refractivity (Wildman–Crippen MR) is 54.7 cm³/mol. The van der Waals surface area contributed by atoms with Gasteiger partial charge in [0.15, 0.2) is 0 Å². The van der Waals surface area contributed by atoms with Crippen LogP contribution in [0.5, 0.6) is 0 Å². The average Bonchev–Trinajstić information content (AvgIpc) is 2.87. The number of nitrogens with two attached hydrogens (primary N) is 1. The molecule has 0 radical (unpaired) electrons. The van der Waals surface area contributed by atoms with Crippen LogP contribution in [0.2, 0.25) is 0 Å². The Hall–Kier alpha value is -0.120. The Balaban J connectivity index is 1.69. The maximum atomic E-state index is 5.77. The first-order chi connectivity index (χ1) is 6.25. The van der Waals surface area contributed by atoms with Crippen LogP contribution < -0.4 is 5.73 Å². The van der Waals surface area contributed by atoms with Crippen molar-refractivity contribution in [1.29, 1.82) is 0 Å². The molecular formula is C10H21N3. The summed E-state index contributed by atoms with van der Waals surface area (Å²) in [5.41, 5.74) is 5.77. The van der Waals surface area contributed by atoms with Gasteiger partial charge in [0.25, 0.3) is 0 Å². The largest absolute Gasteiger partial charge is 0.327 e.